The summed E-state index contributed by atoms with van der Waals surface area (Å²) in [6.07, 6.45) is 4.12. The second-order valence-electron chi connectivity index (χ2n) is 5.95. The van der Waals surface area contributed by atoms with Crippen molar-refractivity contribution in [1.29, 1.82) is 0 Å². The van der Waals surface area contributed by atoms with Crippen LogP contribution in [0.5, 0.6) is 0 Å². The van der Waals surface area contributed by atoms with E-state index in [4.69, 9.17) is 0 Å². The number of likely N-dealkylation sites (tertiary alicyclic amines) is 1. The van der Waals surface area contributed by atoms with Crippen LogP contribution in [0.1, 0.15) is 31.2 Å². The Morgan fingerprint density at radius 1 is 1.35 bits per heavy atom. The molecule has 2 aliphatic rings. The van der Waals surface area contributed by atoms with E-state index in [2.05, 4.69) is 38.3 Å². The maximum atomic E-state index is 12.9. The monoisotopic (exact) mass is 336 g/mol. The highest BCUT2D eigenvalue weighted by Crippen LogP contribution is 2.50. The number of nitrogens with one attached hydrogen (secondary N) is 1. The number of rotatable bonds is 3. The predicted molar refractivity (Wildman–Crippen MR) is 83.7 cm³/mol. The summed E-state index contributed by atoms with van der Waals surface area (Å²) in [6.45, 7) is 1.78. The Hall–Kier alpha value is -0.870. The fourth-order valence-electron chi connectivity index (χ4n) is 3.21. The van der Waals surface area contributed by atoms with Crippen molar-refractivity contribution in [3.63, 3.8) is 0 Å². The number of benzene rings is 1. The van der Waals surface area contributed by atoms with Crippen LogP contribution in [-0.2, 0) is 10.2 Å². The molecule has 0 radical (unpaired) electrons. The lowest BCUT2D eigenvalue weighted by Crippen LogP contribution is -2.47. The van der Waals surface area contributed by atoms with Gasteiger partial charge in [0.2, 0.25) is 5.91 Å². The second kappa shape index (κ2) is 5.49. The Morgan fingerprint density at radius 2 is 2.05 bits per heavy atom. The molecule has 4 heteroatoms. The lowest BCUT2D eigenvalue weighted by molar-refractivity contribution is -0.135. The number of halogens is 1. The van der Waals surface area contributed by atoms with Crippen molar-refractivity contribution in [2.24, 2.45) is 0 Å². The van der Waals surface area contributed by atoms with Crippen LogP contribution in [0.2, 0.25) is 0 Å². The van der Waals surface area contributed by atoms with Crippen molar-refractivity contribution in [1.82, 2.24) is 10.2 Å². The molecule has 1 N–H and O–H groups in total. The van der Waals surface area contributed by atoms with Crippen LogP contribution in [0.4, 0.5) is 0 Å². The minimum Gasteiger partial charge on any atom is -0.342 e. The highest BCUT2D eigenvalue weighted by molar-refractivity contribution is 9.10. The molecule has 1 saturated carbocycles. The summed E-state index contributed by atoms with van der Waals surface area (Å²) < 4.78 is 1.06. The van der Waals surface area contributed by atoms with Crippen LogP contribution in [0.15, 0.2) is 28.7 Å². The van der Waals surface area contributed by atoms with E-state index in [1.165, 1.54) is 5.56 Å². The fraction of sp³-hybridized carbons (Fsp3) is 0.562. The molecule has 20 heavy (non-hydrogen) atoms. The van der Waals surface area contributed by atoms with Crippen molar-refractivity contribution in [3.8, 4) is 0 Å². The van der Waals surface area contributed by atoms with Crippen LogP contribution in [0.3, 0.4) is 0 Å². The second-order valence-corrected chi connectivity index (χ2v) is 6.86. The van der Waals surface area contributed by atoms with Gasteiger partial charge in [-0.15, -0.1) is 0 Å². The number of piperidine rings is 1. The highest BCUT2D eigenvalue weighted by atomic mass is 79.9. The Bertz CT molecular complexity index is 505. The first kappa shape index (κ1) is 14.1. The first-order chi connectivity index (χ1) is 9.65. The van der Waals surface area contributed by atoms with Gasteiger partial charge < -0.3 is 10.2 Å². The van der Waals surface area contributed by atoms with Crippen molar-refractivity contribution in [2.75, 3.05) is 20.1 Å². The smallest absolute Gasteiger partial charge is 0.233 e. The summed E-state index contributed by atoms with van der Waals surface area (Å²) in [7, 11) is 2.01. The van der Waals surface area contributed by atoms with E-state index in [-0.39, 0.29) is 5.41 Å². The van der Waals surface area contributed by atoms with E-state index in [1.54, 1.807) is 0 Å². The van der Waals surface area contributed by atoms with E-state index in [0.29, 0.717) is 11.9 Å². The average molecular weight is 337 g/mol. The van der Waals surface area contributed by atoms with E-state index in [9.17, 15) is 4.79 Å². The quantitative estimate of drug-likeness (QED) is 0.920. The summed E-state index contributed by atoms with van der Waals surface area (Å²) in [5.41, 5.74) is 0.948. The Labute approximate surface area is 128 Å². The zero-order valence-electron chi connectivity index (χ0n) is 11.9. The van der Waals surface area contributed by atoms with E-state index < -0.39 is 0 Å². The molecule has 1 aliphatic carbocycles. The van der Waals surface area contributed by atoms with Crippen molar-refractivity contribution in [3.05, 3.63) is 34.3 Å². The van der Waals surface area contributed by atoms with Crippen molar-refractivity contribution < 1.29 is 4.79 Å². The summed E-state index contributed by atoms with van der Waals surface area (Å²) in [6, 6.07) is 8.81. The van der Waals surface area contributed by atoms with Crippen LogP contribution < -0.4 is 5.32 Å². The zero-order valence-corrected chi connectivity index (χ0v) is 13.4. The molecule has 0 unspecified atom stereocenters. The standard InChI is InChI=1S/C16H21BrN2O/c1-18-14-5-9-19(10-6-14)15(20)16(7-8-16)12-3-2-4-13(17)11-12/h2-4,11,14,18H,5-10H2,1H3. The van der Waals surface area contributed by atoms with Crippen LogP contribution in [0.25, 0.3) is 0 Å². The molecule has 0 aromatic heterocycles. The molecule has 1 aromatic rings. The molecule has 3 rings (SSSR count). The topological polar surface area (TPSA) is 32.3 Å². The zero-order chi connectivity index (χ0) is 14.2. The largest absolute Gasteiger partial charge is 0.342 e. The minimum atomic E-state index is -0.226. The van der Waals surface area contributed by atoms with Gasteiger partial charge in [0, 0.05) is 23.6 Å². The summed E-state index contributed by atoms with van der Waals surface area (Å²) in [4.78, 5) is 15.0. The number of nitrogens with zero attached hydrogens (tertiary/aromatic N) is 1. The van der Waals surface area contributed by atoms with Gasteiger partial charge in [0.1, 0.15) is 0 Å². The third-order valence-corrected chi connectivity index (χ3v) is 5.22. The molecule has 2 fully saturated rings. The molecule has 0 spiro atoms. The highest BCUT2D eigenvalue weighted by Gasteiger charge is 2.53. The maximum absolute atomic E-state index is 12.9. The first-order valence-electron chi connectivity index (χ1n) is 7.38. The lowest BCUT2D eigenvalue weighted by atomic mass is 9.93. The molecule has 1 saturated heterocycles. The van der Waals surface area contributed by atoms with Gasteiger partial charge in [-0.05, 0) is 50.4 Å². The first-order valence-corrected chi connectivity index (χ1v) is 8.18. The molecule has 0 bridgehead atoms. The van der Waals surface area contributed by atoms with Crippen LogP contribution in [0, 0.1) is 0 Å². The number of amides is 1. The molecule has 1 heterocycles. The van der Waals surface area contributed by atoms with Gasteiger partial charge in [0.15, 0.2) is 0 Å². The fourth-order valence-corrected chi connectivity index (χ4v) is 3.61. The third kappa shape index (κ3) is 2.51. The van der Waals surface area contributed by atoms with Gasteiger partial charge in [-0.25, -0.2) is 0 Å². The predicted octanol–water partition coefficient (Wildman–Crippen LogP) is 2.69. The molecule has 3 nitrogen and oxygen atoms in total. The maximum Gasteiger partial charge on any atom is 0.233 e. The molecule has 1 amide bonds. The lowest BCUT2D eigenvalue weighted by Gasteiger charge is -2.34. The van der Waals surface area contributed by atoms with E-state index in [0.717, 1.165) is 43.2 Å². The molecule has 1 aromatic carbocycles. The SMILES string of the molecule is CNC1CCN(C(=O)C2(c3cccc(Br)c3)CC2)CC1. The molecule has 1 aliphatic heterocycles. The molecular formula is C16H21BrN2O. The third-order valence-electron chi connectivity index (χ3n) is 4.73. The van der Waals surface area contributed by atoms with Gasteiger partial charge >= 0.3 is 0 Å². The van der Waals surface area contributed by atoms with E-state index >= 15 is 0 Å². The average Bonchev–Trinajstić information content (AvgIpc) is 3.28. The Kier molecular flexibility index (Phi) is 3.87. The number of hydrogen-bond acceptors (Lipinski definition) is 2. The Balaban J connectivity index is 1.74. The van der Waals surface area contributed by atoms with Gasteiger partial charge in [-0.3, -0.25) is 4.79 Å². The Morgan fingerprint density at radius 3 is 2.60 bits per heavy atom. The summed E-state index contributed by atoms with van der Waals surface area (Å²) >= 11 is 3.51. The van der Waals surface area contributed by atoms with Crippen molar-refractivity contribution >= 4 is 21.8 Å². The number of carbonyl (C=O) groups is 1. The number of carbonyl (C=O) groups excluding carboxylic acids is 1. The van der Waals surface area contributed by atoms with Gasteiger partial charge in [-0.1, -0.05) is 28.1 Å². The van der Waals surface area contributed by atoms with Gasteiger partial charge in [0.05, 0.1) is 5.41 Å². The number of hydrogen-bond donors (Lipinski definition) is 1. The normalized spacial score (nSPS) is 21.8. The molecule has 0 atom stereocenters. The van der Waals surface area contributed by atoms with E-state index in [1.807, 2.05) is 19.2 Å². The van der Waals surface area contributed by atoms with Crippen LogP contribution in [-0.4, -0.2) is 37.0 Å². The van der Waals surface area contributed by atoms with Crippen LogP contribution >= 0.6 is 15.9 Å². The van der Waals surface area contributed by atoms with Gasteiger partial charge in [-0.2, -0.15) is 0 Å². The summed E-state index contributed by atoms with van der Waals surface area (Å²) in [5.74, 6) is 0.338. The van der Waals surface area contributed by atoms with Gasteiger partial charge in [0.25, 0.3) is 0 Å². The summed E-state index contributed by atoms with van der Waals surface area (Å²) in [5, 5.41) is 3.31. The van der Waals surface area contributed by atoms with Crippen molar-refractivity contribution in [2.45, 2.75) is 37.1 Å². The molecular weight excluding hydrogens is 316 g/mol. The molecule has 108 valence electrons. The minimum absolute atomic E-state index is 0.226.